The summed E-state index contributed by atoms with van der Waals surface area (Å²) in [7, 11) is 0. The Balaban J connectivity index is 2.03. The highest BCUT2D eigenvalue weighted by Gasteiger charge is 2.25. The zero-order valence-electron chi connectivity index (χ0n) is 14.5. The van der Waals surface area contributed by atoms with Gasteiger partial charge in [-0.25, -0.2) is 4.98 Å². The first-order valence-corrected chi connectivity index (χ1v) is 9.09. The molecule has 1 aromatic rings. The molecule has 3 nitrogen and oxygen atoms in total. The lowest BCUT2D eigenvalue weighted by Gasteiger charge is -2.34. The minimum absolute atomic E-state index is 0.150. The van der Waals surface area contributed by atoms with E-state index in [9.17, 15) is 0 Å². The largest absolute Gasteiger partial charge is 0.305 e. The van der Waals surface area contributed by atoms with Gasteiger partial charge in [0.05, 0.1) is 10.7 Å². The highest BCUT2D eigenvalue weighted by molar-refractivity contribution is 7.12. The number of likely N-dealkylation sites (N-methyl/N-ethyl adjacent to an activating group) is 1. The molecule has 0 aromatic carbocycles. The van der Waals surface area contributed by atoms with E-state index in [1.165, 1.54) is 48.1 Å². The van der Waals surface area contributed by atoms with Crippen molar-refractivity contribution >= 4 is 11.3 Å². The first-order chi connectivity index (χ1) is 9.81. The lowest BCUT2D eigenvalue weighted by molar-refractivity contribution is 0.192. The monoisotopic (exact) mass is 309 g/mol. The molecule has 0 radical (unpaired) electrons. The smallest absolute Gasteiger partial charge is 0.0985 e. The van der Waals surface area contributed by atoms with Crippen molar-refractivity contribution in [2.45, 2.75) is 71.9 Å². The van der Waals surface area contributed by atoms with Gasteiger partial charge in [-0.3, -0.25) is 0 Å². The van der Waals surface area contributed by atoms with E-state index in [-0.39, 0.29) is 5.41 Å². The maximum absolute atomic E-state index is 4.80. The number of rotatable bonds is 4. The molecular weight excluding hydrogens is 278 g/mol. The molecule has 0 aliphatic carbocycles. The summed E-state index contributed by atoms with van der Waals surface area (Å²) >= 11 is 1.88. The lowest BCUT2D eigenvalue weighted by Crippen LogP contribution is -2.46. The van der Waals surface area contributed by atoms with E-state index >= 15 is 0 Å². The van der Waals surface area contributed by atoms with Crippen LogP contribution >= 0.6 is 11.3 Å². The fourth-order valence-electron chi connectivity index (χ4n) is 3.04. The van der Waals surface area contributed by atoms with Gasteiger partial charge in [0.1, 0.15) is 0 Å². The summed E-state index contributed by atoms with van der Waals surface area (Å²) in [6, 6.07) is 1.02. The van der Waals surface area contributed by atoms with Crippen molar-refractivity contribution < 1.29 is 0 Å². The Morgan fingerprint density at radius 1 is 1.43 bits per heavy atom. The zero-order chi connectivity index (χ0) is 15.6. The number of aryl methyl sites for hydroxylation is 1. The van der Waals surface area contributed by atoms with Gasteiger partial charge < -0.3 is 10.2 Å². The molecule has 0 amide bonds. The second kappa shape index (κ2) is 6.76. The molecule has 1 aliphatic heterocycles. The SMILES string of the molecule is CCN1CCCC(NC(C)c2sc(C(C)(C)C)nc2C)C1. The normalized spacial score (nSPS) is 22.5. The van der Waals surface area contributed by atoms with Crippen LogP contribution in [-0.2, 0) is 5.41 Å². The Hall–Kier alpha value is -0.450. The van der Waals surface area contributed by atoms with Gasteiger partial charge >= 0.3 is 0 Å². The molecule has 1 saturated heterocycles. The molecule has 2 atom stereocenters. The molecule has 0 saturated carbocycles. The highest BCUT2D eigenvalue weighted by Crippen LogP contribution is 2.32. The topological polar surface area (TPSA) is 28.2 Å². The number of likely N-dealkylation sites (tertiary alicyclic amines) is 1. The fourth-order valence-corrected chi connectivity index (χ4v) is 4.17. The van der Waals surface area contributed by atoms with Crippen LogP contribution in [-0.4, -0.2) is 35.6 Å². The van der Waals surface area contributed by atoms with Gasteiger partial charge in [0.25, 0.3) is 0 Å². The summed E-state index contributed by atoms with van der Waals surface area (Å²) in [5.74, 6) is 0. The van der Waals surface area contributed by atoms with E-state index in [4.69, 9.17) is 4.98 Å². The molecular formula is C17H31N3S. The molecule has 1 aliphatic rings. The molecule has 0 spiro atoms. The predicted molar refractivity (Wildman–Crippen MR) is 92.2 cm³/mol. The van der Waals surface area contributed by atoms with Crippen molar-refractivity contribution in [2.75, 3.05) is 19.6 Å². The summed E-state index contributed by atoms with van der Waals surface area (Å²) in [6.45, 7) is 17.0. The van der Waals surface area contributed by atoms with Crippen molar-refractivity contribution in [2.24, 2.45) is 0 Å². The minimum Gasteiger partial charge on any atom is -0.305 e. The van der Waals surface area contributed by atoms with Crippen molar-refractivity contribution in [1.82, 2.24) is 15.2 Å². The van der Waals surface area contributed by atoms with Crippen LogP contribution in [0.25, 0.3) is 0 Å². The van der Waals surface area contributed by atoms with Crippen molar-refractivity contribution in [3.8, 4) is 0 Å². The number of hydrogen-bond donors (Lipinski definition) is 1. The Morgan fingerprint density at radius 3 is 2.71 bits per heavy atom. The van der Waals surface area contributed by atoms with Crippen molar-refractivity contribution in [3.63, 3.8) is 0 Å². The molecule has 2 rings (SSSR count). The van der Waals surface area contributed by atoms with Crippen LogP contribution in [0.5, 0.6) is 0 Å². The van der Waals surface area contributed by atoms with Crippen LogP contribution < -0.4 is 5.32 Å². The Labute approximate surface area is 134 Å². The zero-order valence-corrected chi connectivity index (χ0v) is 15.3. The third-order valence-electron chi connectivity index (χ3n) is 4.31. The Kier molecular flexibility index (Phi) is 5.44. The van der Waals surface area contributed by atoms with E-state index in [0.29, 0.717) is 12.1 Å². The van der Waals surface area contributed by atoms with Gasteiger partial charge in [-0.1, -0.05) is 27.7 Å². The lowest BCUT2D eigenvalue weighted by atomic mass is 9.98. The average molecular weight is 310 g/mol. The number of hydrogen-bond acceptors (Lipinski definition) is 4. The highest BCUT2D eigenvalue weighted by atomic mass is 32.1. The summed E-state index contributed by atoms with van der Waals surface area (Å²) in [6.07, 6.45) is 2.61. The van der Waals surface area contributed by atoms with Gasteiger partial charge in [0.2, 0.25) is 0 Å². The second-order valence-corrected chi connectivity index (χ2v) is 8.37. The second-order valence-electron chi connectivity index (χ2n) is 7.34. The first kappa shape index (κ1) is 16.9. The van der Waals surface area contributed by atoms with Crippen LogP contribution in [0.1, 0.15) is 69.1 Å². The summed E-state index contributed by atoms with van der Waals surface area (Å²) in [4.78, 5) is 8.76. The Bertz CT molecular complexity index is 461. The Morgan fingerprint density at radius 2 is 2.14 bits per heavy atom. The molecule has 1 fully saturated rings. The summed E-state index contributed by atoms with van der Waals surface area (Å²) in [5.41, 5.74) is 1.35. The fraction of sp³-hybridized carbons (Fsp3) is 0.824. The first-order valence-electron chi connectivity index (χ1n) is 8.27. The van der Waals surface area contributed by atoms with Gasteiger partial charge in [0, 0.05) is 28.9 Å². The molecule has 4 heteroatoms. The predicted octanol–water partition coefficient (Wildman–Crippen LogP) is 3.88. The molecule has 1 aromatic heterocycles. The number of thiazole rings is 1. The number of piperidine rings is 1. The van der Waals surface area contributed by atoms with Crippen molar-refractivity contribution in [1.29, 1.82) is 0 Å². The van der Waals surface area contributed by atoms with Gasteiger partial charge in [-0.15, -0.1) is 11.3 Å². The average Bonchev–Trinajstić information content (AvgIpc) is 2.81. The third-order valence-corrected chi connectivity index (χ3v) is 6.07. The third kappa shape index (κ3) is 4.27. The molecule has 21 heavy (non-hydrogen) atoms. The number of aromatic nitrogens is 1. The summed E-state index contributed by atoms with van der Waals surface area (Å²) < 4.78 is 0. The van der Waals surface area contributed by atoms with Gasteiger partial charge in [-0.2, -0.15) is 0 Å². The molecule has 1 N–H and O–H groups in total. The van der Waals surface area contributed by atoms with Crippen LogP contribution in [0.4, 0.5) is 0 Å². The van der Waals surface area contributed by atoms with Gasteiger partial charge in [0.15, 0.2) is 0 Å². The van der Waals surface area contributed by atoms with Crippen LogP contribution in [0.3, 0.4) is 0 Å². The van der Waals surface area contributed by atoms with E-state index in [1.54, 1.807) is 0 Å². The quantitative estimate of drug-likeness (QED) is 0.914. The molecule has 2 unspecified atom stereocenters. The summed E-state index contributed by atoms with van der Waals surface area (Å²) in [5, 5.41) is 5.09. The van der Waals surface area contributed by atoms with Gasteiger partial charge in [-0.05, 0) is 39.8 Å². The van der Waals surface area contributed by atoms with Crippen LogP contribution in [0.15, 0.2) is 0 Å². The van der Waals surface area contributed by atoms with Crippen molar-refractivity contribution in [3.05, 3.63) is 15.6 Å². The van der Waals surface area contributed by atoms with E-state index < -0.39 is 0 Å². The van der Waals surface area contributed by atoms with E-state index in [1.807, 2.05) is 11.3 Å². The molecule has 2 heterocycles. The minimum atomic E-state index is 0.150. The van der Waals surface area contributed by atoms with Crippen LogP contribution in [0, 0.1) is 6.92 Å². The number of nitrogens with one attached hydrogen (secondary N) is 1. The number of nitrogens with zero attached hydrogens (tertiary/aromatic N) is 2. The van der Waals surface area contributed by atoms with E-state index in [2.05, 4.69) is 51.8 Å². The van der Waals surface area contributed by atoms with E-state index in [0.717, 1.165) is 0 Å². The standard InChI is InChI=1S/C17H31N3S/c1-7-20-10-8-9-14(11-20)18-12(2)15-13(3)19-16(21-15)17(4,5)6/h12,14,18H,7-11H2,1-6H3. The maximum Gasteiger partial charge on any atom is 0.0985 e. The molecule has 0 bridgehead atoms. The maximum atomic E-state index is 4.80. The van der Waals surface area contributed by atoms with Crippen LogP contribution in [0.2, 0.25) is 0 Å². The molecule has 120 valence electrons.